The van der Waals surface area contributed by atoms with Crippen molar-refractivity contribution in [3.8, 4) is 16.3 Å². The topological polar surface area (TPSA) is 94.4 Å². The zero-order chi connectivity index (χ0) is 17.8. The third-order valence-electron chi connectivity index (χ3n) is 3.22. The number of amides is 1. The minimum Gasteiger partial charge on any atom is -0.487 e. The zero-order valence-corrected chi connectivity index (χ0v) is 14.7. The second-order valence-electron chi connectivity index (χ2n) is 4.84. The van der Waals surface area contributed by atoms with Gasteiger partial charge in [-0.15, -0.1) is 22.7 Å². The van der Waals surface area contributed by atoms with E-state index in [1.807, 2.05) is 22.9 Å². The van der Waals surface area contributed by atoms with Crippen LogP contribution in [0.25, 0.3) is 10.6 Å². The second-order valence-corrected chi connectivity index (χ2v) is 6.65. The molecule has 2 heterocycles. The first-order valence-electron chi connectivity index (χ1n) is 7.30. The molecule has 0 atom stereocenters. The van der Waals surface area contributed by atoms with Gasteiger partial charge in [-0.05, 0) is 30.5 Å². The summed E-state index contributed by atoms with van der Waals surface area (Å²) in [4.78, 5) is 28.3. The number of benzene rings is 1. The van der Waals surface area contributed by atoms with Gasteiger partial charge in [0.05, 0.1) is 22.1 Å². The minimum atomic E-state index is -0.569. The van der Waals surface area contributed by atoms with Crippen LogP contribution in [0.4, 0.5) is 10.8 Å². The van der Waals surface area contributed by atoms with Crippen molar-refractivity contribution >= 4 is 39.4 Å². The van der Waals surface area contributed by atoms with E-state index < -0.39 is 10.8 Å². The Bertz CT molecular complexity index is 906. The molecule has 2 aromatic heterocycles. The van der Waals surface area contributed by atoms with E-state index in [9.17, 15) is 14.9 Å². The molecule has 0 aliphatic rings. The maximum absolute atomic E-state index is 12.3. The van der Waals surface area contributed by atoms with E-state index >= 15 is 0 Å². The number of thiophene rings is 1. The Kier molecular flexibility index (Phi) is 5.05. The Morgan fingerprint density at radius 3 is 2.88 bits per heavy atom. The minimum absolute atomic E-state index is 0.137. The normalized spacial score (nSPS) is 10.4. The highest BCUT2D eigenvalue weighted by molar-refractivity contribution is 7.16. The Labute approximate surface area is 151 Å². The monoisotopic (exact) mass is 375 g/mol. The average molecular weight is 375 g/mol. The van der Waals surface area contributed by atoms with Crippen LogP contribution in [0.2, 0.25) is 0 Å². The molecule has 1 amide bonds. The molecule has 3 aromatic rings. The summed E-state index contributed by atoms with van der Waals surface area (Å²) in [5.41, 5.74) is 0.712. The first-order chi connectivity index (χ1) is 12.1. The lowest BCUT2D eigenvalue weighted by Gasteiger charge is -2.06. The van der Waals surface area contributed by atoms with Crippen LogP contribution in [0, 0.1) is 10.1 Å². The second kappa shape index (κ2) is 7.41. The molecule has 128 valence electrons. The van der Waals surface area contributed by atoms with Gasteiger partial charge in [0.25, 0.3) is 5.91 Å². The molecule has 0 aliphatic heterocycles. The Morgan fingerprint density at radius 1 is 1.36 bits per heavy atom. The number of nitrogens with one attached hydrogen (secondary N) is 1. The first-order valence-corrected chi connectivity index (χ1v) is 9.06. The van der Waals surface area contributed by atoms with Gasteiger partial charge in [-0.2, -0.15) is 0 Å². The fourth-order valence-electron chi connectivity index (χ4n) is 2.12. The Morgan fingerprint density at radius 2 is 2.20 bits per heavy atom. The number of ether oxygens (including phenoxy) is 1. The van der Waals surface area contributed by atoms with Crippen LogP contribution < -0.4 is 10.1 Å². The lowest BCUT2D eigenvalue weighted by atomic mass is 10.2. The van der Waals surface area contributed by atoms with Gasteiger partial charge in [-0.25, -0.2) is 4.98 Å². The molecule has 3 rings (SSSR count). The van der Waals surface area contributed by atoms with Crippen LogP contribution in [0.3, 0.4) is 0 Å². The van der Waals surface area contributed by atoms with E-state index in [1.165, 1.54) is 29.5 Å². The highest BCUT2D eigenvalue weighted by Crippen LogP contribution is 2.30. The molecule has 0 unspecified atom stereocenters. The number of aromatic nitrogens is 1. The molecule has 0 bridgehead atoms. The highest BCUT2D eigenvalue weighted by atomic mass is 32.1. The summed E-state index contributed by atoms with van der Waals surface area (Å²) in [5, 5.41) is 18.1. The largest absolute Gasteiger partial charge is 0.487 e. The van der Waals surface area contributed by atoms with E-state index in [1.54, 1.807) is 18.3 Å². The van der Waals surface area contributed by atoms with Gasteiger partial charge in [-0.1, -0.05) is 6.07 Å². The summed E-state index contributed by atoms with van der Waals surface area (Å²) in [6.45, 7) is 2.04. The molecular weight excluding hydrogens is 362 g/mol. The summed E-state index contributed by atoms with van der Waals surface area (Å²) < 4.78 is 5.21. The number of hydrogen-bond donors (Lipinski definition) is 1. The quantitative estimate of drug-likeness (QED) is 0.508. The van der Waals surface area contributed by atoms with Gasteiger partial charge in [0.15, 0.2) is 10.9 Å². The van der Waals surface area contributed by atoms with Crippen molar-refractivity contribution in [2.24, 2.45) is 0 Å². The number of thiazole rings is 1. The van der Waals surface area contributed by atoms with Gasteiger partial charge in [0, 0.05) is 17.0 Å². The number of carbonyl (C=O) groups is 1. The predicted octanol–water partition coefficient (Wildman–Crippen LogP) is 4.43. The summed E-state index contributed by atoms with van der Waals surface area (Å²) >= 11 is 2.86. The summed E-state index contributed by atoms with van der Waals surface area (Å²) in [6, 6.07) is 7.99. The molecule has 25 heavy (non-hydrogen) atoms. The van der Waals surface area contributed by atoms with Crippen LogP contribution in [0.1, 0.15) is 17.3 Å². The maximum Gasteiger partial charge on any atom is 0.311 e. The van der Waals surface area contributed by atoms with Gasteiger partial charge in [0.1, 0.15) is 0 Å². The number of anilines is 1. The molecule has 7 nitrogen and oxygen atoms in total. The number of carbonyl (C=O) groups excluding carboxylic acids is 1. The van der Waals surface area contributed by atoms with Gasteiger partial charge in [0.2, 0.25) is 0 Å². The molecule has 9 heteroatoms. The first kappa shape index (κ1) is 17.1. The van der Waals surface area contributed by atoms with Crippen LogP contribution in [-0.4, -0.2) is 22.4 Å². The van der Waals surface area contributed by atoms with Crippen molar-refractivity contribution < 1.29 is 14.5 Å². The van der Waals surface area contributed by atoms with E-state index in [-0.39, 0.29) is 17.0 Å². The molecule has 0 spiro atoms. The number of hydrogen-bond acceptors (Lipinski definition) is 7. The molecule has 0 saturated carbocycles. The van der Waals surface area contributed by atoms with E-state index in [0.717, 1.165) is 10.6 Å². The smallest absolute Gasteiger partial charge is 0.311 e. The highest BCUT2D eigenvalue weighted by Gasteiger charge is 2.19. The Balaban J connectivity index is 1.79. The van der Waals surface area contributed by atoms with Crippen molar-refractivity contribution in [2.45, 2.75) is 6.92 Å². The number of rotatable bonds is 6. The van der Waals surface area contributed by atoms with Crippen molar-refractivity contribution in [3.05, 3.63) is 56.8 Å². The van der Waals surface area contributed by atoms with E-state index in [2.05, 4.69) is 10.3 Å². The fraction of sp³-hybridized carbons (Fsp3) is 0.125. The summed E-state index contributed by atoms with van der Waals surface area (Å²) in [5.74, 6) is -0.323. The van der Waals surface area contributed by atoms with Crippen molar-refractivity contribution in [3.63, 3.8) is 0 Å². The van der Waals surface area contributed by atoms with Crippen molar-refractivity contribution in [1.29, 1.82) is 0 Å². The molecule has 0 saturated heterocycles. The number of nitro groups is 1. The third kappa shape index (κ3) is 3.83. The number of nitro benzene ring substituents is 1. The third-order valence-corrected chi connectivity index (χ3v) is 4.87. The van der Waals surface area contributed by atoms with Gasteiger partial charge >= 0.3 is 5.69 Å². The van der Waals surface area contributed by atoms with Crippen LogP contribution in [-0.2, 0) is 0 Å². The summed E-state index contributed by atoms with van der Waals surface area (Å²) in [7, 11) is 0. The molecule has 0 fully saturated rings. The van der Waals surface area contributed by atoms with Crippen LogP contribution in [0.15, 0.2) is 41.1 Å². The molecule has 0 aliphatic carbocycles. The molecule has 1 aromatic carbocycles. The molecular formula is C16H13N3O4S2. The van der Waals surface area contributed by atoms with Gasteiger partial charge < -0.3 is 4.74 Å². The molecule has 0 radical (unpaired) electrons. The van der Waals surface area contributed by atoms with E-state index in [4.69, 9.17) is 4.74 Å². The lowest BCUT2D eigenvalue weighted by Crippen LogP contribution is -2.12. The Hall–Kier alpha value is -2.78. The van der Waals surface area contributed by atoms with Crippen LogP contribution >= 0.6 is 22.7 Å². The standard InChI is InChI=1S/C16H13N3O4S2/c1-2-23-13-6-5-10(8-12(13)19(21)22)15(20)18-16-17-11(9-25-16)14-4-3-7-24-14/h3-9H,2H2,1H3,(H,17,18,20). The van der Waals surface area contributed by atoms with Crippen molar-refractivity contribution in [2.75, 3.05) is 11.9 Å². The maximum atomic E-state index is 12.3. The van der Waals surface area contributed by atoms with Crippen molar-refractivity contribution in [1.82, 2.24) is 4.98 Å². The SMILES string of the molecule is CCOc1ccc(C(=O)Nc2nc(-c3cccs3)cs2)cc1[N+](=O)[O-]. The average Bonchev–Trinajstić information content (AvgIpc) is 3.26. The summed E-state index contributed by atoms with van der Waals surface area (Å²) in [6.07, 6.45) is 0. The van der Waals surface area contributed by atoms with Gasteiger partial charge in [-0.3, -0.25) is 20.2 Å². The zero-order valence-electron chi connectivity index (χ0n) is 13.1. The number of nitrogens with zero attached hydrogens (tertiary/aromatic N) is 2. The predicted molar refractivity (Wildman–Crippen MR) is 97.6 cm³/mol. The fourth-order valence-corrected chi connectivity index (χ4v) is 3.58. The van der Waals surface area contributed by atoms with E-state index in [0.29, 0.717) is 11.7 Å². The molecule has 1 N–H and O–H groups in total. The van der Waals surface area contributed by atoms with Crippen LogP contribution in [0.5, 0.6) is 5.75 Å². The lowest BCUT2D eigenvalue weighted by molar-refractivity contribution is -0.385.